The summed E-state index contributed by atoms with van der Waals surface area (Å²) in [6, 6.07) is 5.55. The summed E-state index contributed by atoms with van der Waals surface area (Å²) < 4.78 is 5.65. The second-order valence-corrected chi connectivity index (χ2v) is 8.72. The first-order valence-electron chi connectivity index (χ1n) is 10.9. The lowest BCUT2D eigenvalue weighted by molar-refractivity contribution is -0.150. The highest BCUT2D eigenvalue weighted by Gasteiger charge is 2.31. The highest BCUT2D eigenvalue weighted by molar-refractivity contribution is 5.79. The number of aromatic nitrogens is 1. The molecule has 0 aromatic carbocycles. The summed E-state index contributed by atoms with van der Waals surface area (Å²) in [4.78, 5) is 33.2. The molecular weight excluding hydrogens is 368 g/mol. The molecule has 7 nitrogen and oxygen atoms in total. The number of likely N-dealkylation sites (tertiary alicyclic amines) is 1. The molecule has 2 amide bonds. The van der Waals surface area contributed by atoms with Gasteiger partial charge in [0, 0.05) is 38.1 Å². The van der Waals surface area contributed by atoms with E-state index in [2.05, 4.69) is 15.2 Å². The minimum absolute atomic E-state index is 0.0706. The second kappa shape index (κ2) is 9.67. The molecular formula is C22H32N4O3. The first-order valence-corrected chi connectivity index (χ1v) is 10.9. The van der Waals surface area contributed by atoms with Gasteiger partial charge in [-0.25, -0.2) is 0 Å². The molecule has 1 N–H and O–H groups in total. The van der Waals surface area contributed by atoms with E-state index in [0.29, 0.717) is 19.0 Å². The summed E-state index contributed by atoms with van der Waals surface area (Å²) >= 11 is 0. The zero-order valence-corrected chi connectivity index (χ0v) is 17.1. The maximum Gasteiger partial charge on any atom is 0.248 e. The van der Waals surface area contributed by atoms with E-state index in [-0.39, 0.29) is 30.9 Å². The smallest absolute Gasteiger partial charge is 0.248 e. The van der Waals surface area contributed by atoms with Crippen molar-refractivity contribution in [3.05, 3.63) is 30.1 Å². The lowest BCUT2D eigenvalue weighted by atomic mass is 9.95. The van der Waals surface area contributed by atoms with Crippen LogP contribution in [0, 0.1) is 11.8 Å². The normalized spacial score (nSPS) is 23.9. The van der Waals surface area contributed by atoms with E-state index in [0.717, 1.165) is 31.2 Å². The van der Waals surface area contributed by atoms with Crippen molar-refractivity contribution in [1.29, 1.82) is 0 Å². The number of carbonyl (C=O) groups is 2. The number of nitrogens with one attached hydrogen (secondary N) is 1. The van der Waals surface area contributed by atoms with Gasteiger partial charge in [-0.3, -0.25) is 14.6 Å². The fraction of sp³-hybridized carbons (Fsp3) is 0.682. The third-order valence-electron chi connectivity index (χ3n) is 6.21. The molecule has 1 aromatic heterocycles. The van der Waals surface area contributed by atoms with Crippen LogP contribution in [-0.4, -0.2) is 78.6 Å². The Morgan fingerprint density at radius 3 is 2.66 bits per heavy atom. The minimum Gasteiger partial charge on any atom is -0.365 e. The van der Waals surface area contributed by atoms with Gasteiger partial charge < -0.3 is 19.9 Å². The zero-order valence-electron chi connectivity index (χ0n) is 17.1. The topological polar surface area (TPSA) is 74.8 Å². The Hall–Kier alpha value is -1.99. The van der Waals surface area contributed by atoms with Crippen LogP contribution in [0.15, 0.2) is 24.4 Å². The number of hydrogen-bond donors (Lipinski definition) is 1. The molecule has 1 aliphatic carbocycles. The van der Waals surface area contributed by atoms with Crippen LogP contribution in [0.25, 0.3) is 0 Å². The summed E-state index contributed by atoms with van der Waals surface area (Å²) in [5.41, 5.74) is 0.749. The van der Waals surface area contributed by atoms with Crippen molar-refractivity contribution in [1.82, 2.24) is 20.1 Å². The fourth-order valence-corrected chi connectivity index (χ4v) is 4.27. The van der Waals surface area contributed by atoms with Crippen LogP contribution >= 0.6 is 0 Å². The monoisotopic (exact) mass is 400 g/mol. The molecule has 2 saturated heterocycles. The molecule has 3 fully saturated rings. The van der Waals surface area contributed by atoms with Gasteiger partial charge in [0.2, 0.25) is 11.8 Å². The fourth-order valence-electron chi connectivity index (χ4n) is 4.27. The number of carbonyl (C=O) groups excluding carboxylic acids is 2. The molecule has 7 heteroatoms. The number of piperidine rings is 1. The number of ether oxygens (including phenoxy) is 1. The number of pyridine rings is 1. The van der Waals surface area contributed by atoms with Gasteiger partial charge in [-0.1, -0.05) is 6.07 Å². The van der Waals surface area contributed by atoms with Gasteiger partial charge in [-0.15, -0.1) is 0 Å². The van der Waals surface area contributed by atoms with E-state index in [1.807, 2.05) is 23.1 Å². The van der Waals surface area contributed by atoms with Gasteiger partial charge in [0.15, 0.2) is 0 Å². The van der Waals surface area contributed by atoms with Crippen LogP contribution in [0.2, 0.25) is 0 Å². The second-order valence-electron chi connectivity index (χ2n) is 8.72. The van der Waals surface area contributed by atoms with Crippen LogP contribution in [0.1, 0.15) is 31.4 Å². The predicted molar refractivity (Wildman–Crippen MR) is 109 cm³/mol. The van der Waals surface area contributed by atoms with Crippen molar-refractivity contribution < 1.29 is 14.3 Å². The van der Waals surface area contributed by atoms with Crippen molar-refractivity contribution in [2.75, 3.05) is 45.9 Å². The van der Waals surface area contributed by atoms with Gasteiger partial charge in [0.25, 0.3) is 0 Å². The molecule has 1 atom stereocenters. The van der Waals surface area contributed by atoms with E-state index in [4.69, 9.17) is 4.74 Å². The lowest BCUT2D eigenvalue weighted by Gasteiger charge is -2.38. The van der Waals surface area contributed by atoms with Crippen LogP contribution in [0.5, 0.6) is 0 Å². The number of hydrogen-bond acceptors (Lipinski definition) is 5. The Morgan fingerprint density at radius 2 is 1.93 bits per heavy atom. The highest BCUT2D eigenvalue weighted by atomic mass is 16.5. The van der Waals surface area contributed by atoms with Crippen LogP contribution < -0.4 is 5.32 Å². The Labute approximate surface area is 172 Å². The van der Waals surface area contributed by atoms with Crippen molar-refractivity contribution in [2.24, 2.45) is 11.8 Å². The first kappa shape index (κ1) is 20.3. The summed E-state index contributed by atoms with van der Waals surface area (Å²) in [6.07, 6.45) is 6.95. The van der Waals surface area contributed by atoms with E-state index < -0.39 is 0 Å². The molecule has 3 heterocycles. The molecule has 29 heavy (non-hydrogen) atoms. The number of rotatable bonds is 8. The molecule has 3 aliphatic rings. The van der Waals surface area contributed by atoms with Crippen LogP contribution in [0.3, 0.4) is 0 Å². The minimum atomic E-state index is -0.143. The standard InChI is InChI=1S/C22H32N4O3/c27-21(11-19-3-1-2-8-23-19)24-12-20-15-26(22(28)16-29-20)14-18-6-9-25(10-7-18)13-17-4-5-17/h1-3,8,17-18,20H,4-7,9-16H2,(H,24,27)/t20-/m0/s1. The van der Waals surface area contributed by atoms with Gasteiger partial charge in [-0.05, 0) is 62.7 Å². The zero-order chi connectivity index (χ0) is 20.1. The molecule has 158 valence electrons. The maximum absolute atomic E-state index is 12.3. The Kier molecular flexibility index (Phi) is 6.77. The number of nitrogens with zero attached hydrogens (tertiary/aromatic N) is 3. The highest BCUT2D eigenvalue weighted by Crippen LogP contribution is 2.31. The molecule has 0 unspecified atom stereocenters. The van der Waals surface area contributed by atoms with Crippen molar-refractivity contribution in [3.8, 4) is 0 Å². The van der Waals surface area contributed by atoms with Crippen LogP contribution in [0.4, 0.5) is 0 Å². The average Bonchev–Trinajstić information content (AvgIpc) is 3.55. The SMILES string of the molecule is O=C(Cc1ccccn1)NC[C@H]1CN(CC2CCN(CC3CC3)CC2)C(=O)CO1. The summed E-state index contributed by atoms with van der Waals surface area (Å²) in [5.74, 6) is 1.52. The molecule has 1 aromatic rings. The first-order chi connectivity index (χ1) is 14.2. The molecule has 0 radical (unpaired) electrons. The van der Waals surface area contributed by atoms with Gasteiger partial charge in [-0.2, -0.15) is 0 Å². The van der Waals surface area contributed by atoms with E-state index in [1.165, 1.54) is 32.2 Å². The average molecular weight is 401 g/mol. The molecule has 4 rings (SSSR count). The maximum atomic E-state index is 12.3. The number of morpholine rings is 1. The van der Waals surface area contributed by atoms with Crippen LogP contribution in [-0.2, 0) is 20.7 Å². The van der Waals surface area contributed by atoms with Gasteiger partial charge in [0.1, 0.15) is 6.61 Å². The summed E-state index contributed by atoms with van der Waals surface area (Å²) in [7, 11) is 0. The largest absolute Gasteiger partial charge is 0.365 e. The Morgan fingerprint density at radius 1 is 1.14 bits per heavy atom. The quantitative estimate of drug-likeness (QED) is 0.707. The predicted octanol–water partition coefficient (Wildman–Crippen LogP) is 1.09. The third kappa shape index (κ3) is 6.24. The molecule has 0 bridgehead atoms. The van der Waals surface area contributed by atoms with Crippen molar-refractivity contribution in [3.63, 3.8) is 0 Å². The summed E-state index contributed by atoms with van der Waals surface area (Å²) in [6.45, 7) is 5.50. The Bertz CT molecular complexity index is 687. The third-order valence-corrected chi connectivity index (χ3v) is 6.21. The Balaban J connectivity index is 1.18. The van der Waals surface area contributed by atoms with E-state index >= 15 is 0 Å². The van der Waals surface area contributed by atoms with E-state index in [9.17, 15) is 9.59 Å². The van der Waals surface area contributed by atoms with Gasteiger partial charge >= 0.3 is 0 Å². The summed E-state index contributed by atoms with van der Waals surface area (Å²) in [5, 5.41) is 2.92. The van der Waals surface area contributed by atoms with Gasteiger partial charge in [0.05, 0.1) is 12.5 Å². The molecule has 0 spiro atoms. The molecule has 1 saturated carbocycles. The van der Waals surface area contributed by atoms with Crippen molar-refractivity contribution in [2.45, 2.75) is 38.2 Å². The van der Waals surface area contributed by atoms with Crippen molar-refractivity contribution >= 4 is 11.8 Å². The number of amides is 2. The van der Waals surface area contributed by atoms with E-state index in [1.54, 1.807) is 6.20 Å². The molecule has 2 aliphatic heterocycles. The lowest BCUT2D eigenvalue weighted by Crippen LogP contribution is -2.52.